The molecule has 0 bridgehead atoms. The van der Waals surface area contributed by atoms with Gasteiger partial charge in [-0.1, -0.05) is 6.58 Å². The Kier molecular flexibility index (Phi) is 7.41. The van der Waals surface area contributed by atoms with Crippen molar-refractivity contribution < 1.29 is 23.9 Å². The summed E-state index contributed by atoms with van der Waals surface area (Å²) in [5.74, 6) is -0.884. The van der Waals surface area contributed by atoms with E-state index >= 15 is 0 Å². The van der Waals surface area contributed by atoms with Crippen LogP contribution in [0.25, 0.3) is 0 Å². The minimum Gasteiger partial charge on any atom is -0.469 e. The van der Waals surface area contributed by atoms with Crippen LogP contribution in [0.5, 0.6) is 0 Å². The van der Waals surface area contributed by atoms with Crippen LogP contribution in [0.4, 0.5) is 0 Å². The number of amides is 1. The smallest absolute Gasteiger partial charge is 0.333 e. The van der Waals surface area contributed by atoms with Crippen molar-refractivity contribution in [2.45, 2.75) is 19.3 Å². The largest absolute Gasteiger partial charge is 0.469 e. The molecule has 0 aromatic heterocycles. The number of carbonyl (C=O) groups is 3. The van der Waals surface area contributed by atoms with Crippen molar-refractivity contribution in [3.05, 3.63) is 12.2 Å². The molecule has 0 aliphatic carbocycles. The Morgan fingerprint density at radius 3 is 2.29 bits per heavy atom. The van der Waals surface area contributed by atoms with Gasteiger partial charge in [-0.2, -0.15) is 0 Å². The van der Waals surface area contributed by atoms with E-state index in [9.17, 15) is 14.4 Å². The van der Waals surface area contributed by atoms with E-state index in [1.54, 1.807) is 0 Å². The third-order valence-electron chi connectivity index (χ3n) is 1.96. The lowest BCUT2D eigenvalue weighted by molar-refractivity contribution is -0.143. The molecule has 0 saturated carbocycles. The first-order valence-corrected chi connectivity index (χ1v) is 5.10. The molecule has 1 heterocycles. The lowest BCUT2D eigenvalue weighted by Gasteiger charge is -2.00. The Morgan fingerprint density at radius 1 is 1.35 bits per heavy atom. The molecule has 1 rings (SSSR count). The van der Waals surface area contributed by atoms with Gasteiger partial charge >= 0.3 is 11.9 Å². The molecule has 0 aromatic rings. The molecule has 1 amide bonds. The molecule has 1 N–H and O–H groups in total. The van der Waals surface area contributed by atoms with Gasteiger partial charge < -0.3 is 14.8 Å². The molecule has 1 fully saturated rings. The van der Waals surface area contributed by atoms with Gasteiger partial charge in [0.1, 0.15) is 0 Å². The lowest BCUT2D eigenvalue weighted by atomic mass is 10.2. The van der Waals surface area contributed by atoms with Crippen LogP contribution in [0.2, 0.25) is 0 Å². The number of nitrogens with one attached hydrogen (secondary N) is 1. The van der Waals surface area contributed by atoms with E-state index in [-0.39, 0.29) is 17.9 Å². The van der Waals surface area contributed by atoms with Crippen molar-refractivity contribution in [3.63, 3.8) is 0 Å². The third-order valence-corrected chi connectivity index (χ3v) is 1.96. The highest BCUT2D eigenvalue weighted by Gasteiger charge is 2.11. The predicted octanol–water partition coefficient (Wildman–Crippen LogP) is 0.175. The van der Waals surface area contributed by atoms with E-state index in [4.69, 9.17) is 0 Å². The summed E-state index contributed by atoms with van der Waals surface area (Å²) in [5, 5.41) is 2.68. The fourth-order valence-corrected chi connectivity index (χ4v) is 1.03. The maximum Gasteiger partial charge on any atom is 0.333 e. The number of rotatable bonds is 3. The zero-order valence-corrected chi connectivity index (χ0v) is 10.1. The number of ether oxygens (including phenoxy) is 2. The maximum atomic E-state index is 10.6. The highest BCUT2D eigenvalue weighted by atomic mass is 16.5. The van der Waals surface area contributed by atoms with Crippen molar-refractivity contribution in [3.8, 4) is 0 Å². The van der Waals surface area contributed by atoms with Crippen molar-refractivity contribution in [1.29, 1.82) is 0 Å². The van der Waals surface area contributed by atoms with Crippen LogP contribution in [0, 0.1) is 0 Å². The summed E-state index contributed by atoms with van der Waals surface area (Å²) in [7, 11) is 2.47. The molecule has 6 nitrogen and oxygen atoms in total. The molecule has 1 saturated heterocycles. The lowest BCUT2D eigenvalue weighted by Crippen LogP contribution is -2.12. The standard InChI is InChI=1S/C7H10O4.C4H7NO/c1-5(7(9)11-3)4-6(8)10-2;6-4-2-1-3-5-4/h1,4H2,2-3H3;1-3H2,(H,5,6). The molecule has 0 unspecified atom stereocenters. The van der Waals surface area contributed by atoms with E-state index in [1.165, 1.54) is 14.2 Å². The van der Waals surface area contributed by atoms with Crippen LogP contribution in [-0.4, -0.2) is 38.6 Å². The van der Waals surface area contributed by atoms with E-state index in [0.717, 1.165) is 19.4 Å². The Hall–Kier alpha value is -1.85. The molecule has 0 spiro atoms. The predicted molar refractivity (Wildman–Crippen MR) is 60.0 cm³/mol. The first-order chi connectivity index (χ1) is 8.01. The van der Waals surface area contributed by atoms with E-state index in [0.29, 0.717) is 0 Å². The second-order valence-electron chi connectivity index (χ2n) is 3.30. The minimum atomic E-state index is -0.588. The Balaban J connectivity index is 0.000000354. The Bertz CT molecular complexity index is 303. The van der Waals surface area contributed by atoms with Crippen LogP contribution in [0.15, 0.2) is 12.2 Å². The van der Waals surface area contributed by atoms with Crippen molar-refractivity contribution in [2.24, 2.45) is 0 Å². The molecule has 1 aliphatic heterocycles. The van der Waals surface area contributed by atoms with Gasteiger partial charge in [0.05, 0.1) is 20.6 Å². The number of carbonyl (C=O) groups excluding carboxylic acids is 3. The fraction of sp³-hybridized carbons (Fsp3) is 0.545. The average Bonchev–Trinajstić information content (AvgIpc) is 2.79. The normalized spacial score (nSPS) is 12.9. The van der Waals surface area contributed by atoms with Gasteiger partial charge in [-0.3, -0.25) is 9.59 Å². The summed E-state index contributed by atoms with van der Waals surface area (Å²) in [6.07, 6.45) is 1.64. The van der Waals surface area contributed by atoms with Gasteiger partial charge in [0.15, 0.2) is 0 Å². The monoisotopic (exact) mass is 243 g/mol. The highest BCUT2D eigenvalue weighted by molar-refractivity contribution is 5.93. The second kappa shape index (κ2) is 8.32. The van der Waals surface area contributed by atoms with Gasteiger partial charge in [0.25, 0.3) is 0 Å². The van der Waals surface area contributed by atoms with Crippen LogP contribution < -0.4 is 5.32 Å². The quantitative estimate of drug-likeness (QED) is 0.564. The van der Waals surface area contributed by atoms with E-state index in [1.807, 2.05) is 0 Å². The van der Waals surface area contributed by atoms with Crippen molar-refractivity contribution in [2.75, 3.05) is 20.8 Å². The fourth-order valence-electron chi connectivity index (χ4n) is 1.03. The van der Waals surface area contributed by atoms with Gasteiger partial charge in [-0.05, 0) is 6.42 Å². The second-order valence-corrected chi connectivity index (χ2v) is 3.30. The summed E-state index contributed by atoms with van der Waals surface area (Å²) in [5.41, 5.74) is 0.0966. The summed E-state index contributed by atoms with van der Waals surface area (Å²) >= 11 is 0. The van der Waals surface area contributed by atoms with Gasteiger partial charge in [-0.15, -0.1) is 0 Å². The van der Waals surface area contributed by atoms with E-state index < -0.39 is 11.9 Å². The van der Waals surface area contributed by atoms with Crippen LogP contribution in [0.3, 0.4) is 0 Å². The van der Waals surface area contributed by atoms with E-state index in [2.05, 4.69) is 21.4 Å². The molecule has 0 radical (unpaired) electrons. The number of hydrogen-bond donors (Lipinski definition) is 1. The molecule has 96 valence electrons. The molecular weight excluding hydrogens is 226 g/mol. The van der Waals surface area contributed by atoms with Crippen molar-refractivity contribution >= 4 is 17.8 Å². The number of esters is 2. The molecule has 0 aromatic carbocycles. The number of methoxy groups -OCH3 is 2. The topological polar surface area (TPSA) is 81.7 Å². The molecule has 1 aliphatic rings. The summed E-state index contributed by atoms with van der Waals surface area (Å²) < 4.78 is 8.62. The van der Waals surface area contributed by atoms with Crippen LogP contribution >= 0.6 is 0 Å². The third kappa shape index (κ3) is 7.10. The Labute approximate surface area is 100.0 Å². The van der Waals surface area contributed by atoms with Crippen LogP contribution in [-0.2, 0) is 23.9 Å². The van der Waals surface area contributed by atoms with Gasteiger partial charge in [-0.25, -0.2) is 4.79 Å². The number of hydrogen-bond acceptors (Lipinski definition) is 5. The average molecular weight is 243 g/mol. The zero-order valence-electron chi connectivity index (χ0n) is 10.1. The maximum absolute atomic E-state index is 10.6. The molecule has 17 heavy (non-hydrogen) atoms. The van der Waals surface area contributed by atoms with Gasteiger partial charge in [0, 0.05) is 18.5 Å². The Morgan fingerprint density at radius 2 is 2.00 bits per heavy atom. The van der Waals surface area contributed by atoms with Crippen molar-refractivity contribution in [1.82, 2.24) is 5.32 Å². The minimum absolute atomic E-state index is 0.0966. The summed E-state index contributed by atoms with van der Waals surface area (Å²) in [6.45, 7) is 4.23. The zero-order chi connectivity index (χ0) is 13.3. The van der Waals surface area contributed by atoms with Crippen LogP contribution in [0.1, 0.15) is 19.3 Å². The first kappa shape index (κ1) is 15.2. The highest BCUT2D eigenvalue weighted by Crippen LogP contribution is 2.00. The van der Waals surface area contributed by atoms with Gasteiger partial charge in [0.2, 0.25) is 5.91 Å². The molecule has 6 heteroatoms. The molecule has 0 atom stereocenters. The summed E-state index contributed by atoms with van der Waals surface area (Å²) in [6, 6.07) is 0. The SMILES string of the molecule is C=C(CC(=O)OC)C(=O)OC.O=C1CCCN1. The summed E-state index contributed by atoms with van der Waals surface area (Å²) in [4.78, 5) is 31.3. The first-order valence-electron chi connectivity index (χ1n) is 5.10. The molecular formula is C11H17NO5.